The second-order valence-electron chi connectivity index (χ2n) is 9.50. The number of nitro groups is 1. The number of aliphatic hydroxyl groups excluding tert-OH is 1. The third-order valence-corrected chi connectivity index (χ3v) is 5.67. The molecule has 35 heavy (non-hydrogen) atoms. The van der Waals surface area contributed by atoms with E-state index in [0.717, 1.165) is 0 Å². The Hall–Kier alpha value is -3.87. The largest absolute Gasteiger partial charge is 0.391 e. The normalized spacial score (nSPS) is 18.7. The zero-order valence-electron chi connectivity index (χ0n) is 20.0. The Balaban J connectivity index is 1.77. The van der Waals surface area contributed by atoms with Crippen LogP contribution in [0.5, 0.6) is 0 Å². The number of hydrogen-bond donors (Lipinski definition) is 3. The van der Waals surface area contributed by atoms with Crippen LogP contribution < -0.4 is 10.6 Å². The van der Waals surface area contributed by atoms with Gasteiger partial charge in [0, 0.05) is 44.0 Å². The van der Waals surface area contributed by atoms with Crippen LogP contribution in [0, 0.1) is 15.5 Å². The van der Waals surface area contributed by atoms with E-state index in [1.165, 1.54) is 47.1 Å². The molecule has 0 bridgehead atoms. The van der Waals surface area contributed by atoms with Gasteiger partial charge in [0.1, 0.15) is 12.1 Å². The van der Waals surface area contributed by atoms with Gasteiger partial charge in [-0.05, 0) is 11.5 Å². The van der Waals surface area contributed by atoms with E-state index in [2.05, 4.69) is 20.9 Å². The fourth-order valence-corrected chi connectivity index (χ4v) is 4.10. The first-order valence-electron chi connectivity index (χ1n) is 11.1. The number of nitro benzene ring substituents is 1. The maximum Gasteiger partial charge on any atom is 0.271 e. The number of likely N-dealkylation sites (tertiary alicyclic amines) is 1. The molecule has 13 nitrogen and oxygen atoms in total. The summed E-state index contributed by atoms with van der Waals surface area (Å²) < 4.78 is 1.36. The Morgan fingerprint density at radius 1 is 1.31 bits per heavy atom. The topological polar surface area (TPSA) is 173 Å². The molecule has 1 aliphatic rings. The summed E-state index contributed by atoms with van der Waals surface area (Å²) in [5.41, 5.74) is -0.220. The van der Waals surface area contributed by atoms with Crippen molar-refractivity contribution in [1.29, 1.82) is 0 Å². The third-order valence-electron chi connectivity index (χ3n) is 5.67. The highest BCUT2D eigenvalue weighted by Crippen LogP contribution is 2.34. The van der Waals surface area contributed by atoms with Crippen molar-refractivity contribution in [2.45, 2.75) is 51.8 Å². The van der Waals surface area contributed by atoms with E-state index in [9.17, 15) is 29.6 Å². The van der Waals surface area contributed by atoms with E-state index in [1.54, 1.807) is 0 Å². The highest BCUT2D eigenvalue weighted by atomic mass is 16.6. The van der Waals surface area contributed by atoms with Crippen molar-refractivity contribution >= 4 is 29.1 Å². The maximum atomic E-state index is 13.5. The van der Waals surface area contributed by atoms with Gasteiger partial charge in [0.15, 0.2) is 0 Å². The van der Waals surface area contributed by atoms with Crippen molar-refractivity contribution in [2.24, 2.45) is 5.41 Å². The fraction of sp³-hybridized carbons (Fsp3) is 0.500. The monoisotopic (exact) mass is 487 g/mol. The number of amides is 3. The Morgan fingerprint density at radius 3 is 2.66 bits per heavy atom. The minimum atomic E-state index is -0.846. The predicted molar refractivity (Wildman–Crippen MR) is 124 cm³/mol. The van der Waals surface area contributed by atoms with Crippen molar-refractivity contribution < 1.29 is 24.4 Å². The number of β-amino-alcohol motifs (C(OH)–C–C–N with tert-alkyl or cyclic N) is 1. The Bertz CT molecular complexity index is 1130. The smallest absolute Gasteiger partial charge is 0.271 e. The number of carbonyl (C=O) groups excluding carboxylic acids is 3. The lowest BCUT2D eigenvalue weighted by atomic mass is 9.85. The van der Waals surface area contributed by atoms with Gasteiger partial charge in [-0.15, -0.1) is 5.10 Å². The summed E-state index contributed by atoms with van der Waals surface area (Å²) in [6, 6.07) is 3.92. The van der Waals surface area contributed by atoms with Crippen LogP contribution in [0.1, 0.15) is 38.9 Å². The number of aromatic nitrogens is 3. The first kappa shape index (κ1) is 25.7. The Labute approximate surface area is 201 Å². The lowest BCUT2D eigenvalue weighted by molar-refractivity contribution is -0.384. The molecular weight excluding hydrogens is 458 g/mol. The standard InChI is InChI=1S/C22H29N7O6/c1-22(2,3)19(21(33)27-12-16(30)10-17(27)20(32)23-4)28-11-14(25-26-28)9-18(31)24-13-6-5-7-15(8-13)29(34)35/h5-8,11,16-17,19,30H,9-10,12H2,1-4H3,(H,23,32)(H,24,31)/t16?,17-,19?/m1/s1. The van der Waals surface area contributed by atoms with E-state index in [-0.39, 0.29) is 42.6 Å². The lowest BCUT2D eigenvalue weighted by Crippen LogP contribution is -2.49. The zero-order chi connectivity index (χ0) is 25.9. The average Bonchev–Trinajstić information content (AvgIpc) is 3.38. The van der Waals surface area contributed by atoms with Crippen LogP contribution in [0.3, 0.4) is 0 Å². The summed E-state index contributed by atoms with van der Waals surface area (Å²) in [7, 11) is 1.47. The molecule has 1 aromatic carbocycles. The first-order chi connectivity index (χ1) is 16.4. The van der Waals surface area contributed by atoms with Crippen molar-refractivity contribution in [3.8, 4) is 0 Å². The summed E-state index contributed by atoms with van der Waals surface area (Å²) in [6.45, 7) is 5.55. The van der Waals surface area contributed by atoms with E-state index < -0.39 is 34.4 Å². The first-order valence-corrected chi connectivity index (χ1v) is 11.1. The number of likely N-dealkylation sites (N-methyl/N-ethyl adjacent to an activating group) is 1. The molecule has 3 atom stereocenters. The predicted octanol–water partition coefficient (Wildman–Crippen LogP) is 0.663. The van der Waals surface area contributed by atoms with Crippen LogP contribution in [0.4, 0.5) is 11.4 Å². The van der Waals surface area contributed by atoms with Crippen molar-refractivity contribution in [2.75, 3.05) is 18.9 Å². The molecule has 0 saturated carbocycles. The quantitative estimate of drug-likeness (QED) is 0.377. The highest BCUT2D eigenvalue weighted by Gasteiger charge is 2.45. The number of nitrogens with one attached hydrogen (secondary N) is 2. The van der Waals surface area contributed by atoms with Crippen molar-refractivity contribution in [1.82, 2.24) is 25.2 Å². The molecule has 2 unspecified atom stereocenters. The molecular formula is C22H29N7O6. The van der Waals surface area contributed by atoms with Crippen LogP contribution in [0.15, 0.2) is 30.5 Å². The zero-order valence-corrected chi connectivity index (χ0v) is 20.0. The Kier molecular flexibility index (Phi) is 7.48. The number of benzene rings is 1. The van der Waals surface area contributed by atoms with Crippen LogP contribution in [0.2, 0.25) is 0 Å². The molecule has 0 aliphatic carbocycles. The second-order valence-corrected chi connectivity index (χ2v) is 9.50. The van der Waals surface area contributed by atoms with Crippen LogP contribution in [0.25, 0.3) is 0 Å². The van der Waals surface area contributed by atoms with Gasteiger partial charge in [-0.2, -0.15) is 0 Å². The van der Waals surface area contributed by atoms with Crippen molar-refractivity contribution in [3.63, 3.8) is 0 Å². The molecule has 2 aromatic rings. The van der Waals surface area contributed by atoms with Crippen molar-refractivity contribution in [3.05, 3.63) is 46.3 Å². The van der Waals surface area contributed by atoms with E-state index in [4.69, 9.17) is 0 Å². The van der Waals surface area contributed by atoms with Crippen LogP contribution >= 0.6 is 0 Å². The number of anilines is 1. The summed E-state index contributed by atoms with van der Waals surface area (Å²) in [5.74, 6) is -1.21. The molecule has 1 aromatic heterocycles. The highest BCUT2D eigenvalue weighted by molar-refractivity contribution is 5.92. The molecule has 3 amide bonds. The number of nitrogens with zero attached hydrogens (tertiary/aromatic N) is 5. The maximum absolute atomic E-state index is 13.5. The van der Waals surface area contributed by atoms with Gasteiger partial charge in [0.05, 0.1) is 23.1 Å². The van der Waals surface area contributed by atoms with Gasteiger partial charge >= 0.3 is 0 Å². The van der Waals surface area contributed by atoms with Crippen LogP contribution in [-0.4, -0.2) is 73.4 Å². The SMILES string of the molecule is CNC(=O)[C@H]1CC(O)CN1C(=O)C(n1cc(CC(=O)Nc2cccc([N+](=O)[O-])c2)nn1)C(C)(C)C. The summed E-state index contributed by atoms with van der Waals surface area (Å²) in [6.07, 6.45) is 0.646. The number of rotatable bonds is 7. The second kappa shape index (κ2) is 10.2. The molecule has 3 N–H and O–H groups in total. The molecule has 1 aliphatic heterocycles. The number of hydrogen-bond acceptors (Lipinski definition) is 8. The molecule has 0 radical (unpaired) electrons. The molecule has 1 fully saturated rings. The van der Waals surface area contributed by atoms with Crippen LogP contribution in [-0.2, 0) is 20.8 Å². The summed E-state index contributed by atoms with van der Waals surface area (Å²) in [4.78, 5) is 50.0. The van der Waals surface area contributed by atoms with Gasteiger partial charge in [0.25, 0.3) is 5.69 Å². The molecule has 1 saturated heterocycles. The third kappa shape index (κ3) is 5.98. The van der Waals surface area contributed by atoms with E-state index in [1.807, 2.05) is 20.8 Å². The summed E-state index contributed by atoms with van der Waals surface area (Å²) >= 11 is 0. The Morgan fingerprint density at radius 2 is 2.03 bits per heavy atom. The van der Waals surface area contributed by atoms with Gasteiger partial charge in [-0.1, -0.05) is 32.1 Å². The molecule has 13 heteroatoms. The van der Waals surface area contributed by atoms with E-state index >= 15 is 0 Å². The number of non-ortho nitro benzene ring substituents is 1. The minimum Gasteiger partial charge on any atom is -0.391 e. The molecule has 188 valence electrons. The van der Waals surface area contributed by atoms with Gasteiger partial charge in [0.2, 0.25) is 17.7 Å². The molecule has 3 rings (SSSR count). The molecule has 0 spiro atoms. The average molecular weight is 488 g/mol. The summed E-state index contributed by atoms with van der Waals surface area (Å²) in [5, 5.41) is 34.2. The lowest BCUT2D eigenvalue weighted by Gasteiger charge is -2.34. The number of aliphatic hydroxyl groups is 1. The van der Waals surface area contributed by atoms with E-state index in [0.29, 0.717) is 5.69 Å². The minimum absolute atomic E-state index is 0.0245. The number of carbonyl (C=O) groups is 3. The van der Waals surface area contributed by atoms with Gasteiger partial charge in [-0.25, -0.2) is 4.68 Å². The van der Waals surface area contributed by atoms with Gasteiger partial charge in [-0.3, -0.25) is 24.5 Å². The van der Waals surface area contributed by atoms with Gasteiger partial charge < -0.3 is 20.6 Å². The fourth-order valence-electron chi connectivity index (χ4n) is 4.10. The molecule has 2 heterocycles.